The molecule has 0 saturated carbocycles. The molecule has 2 saturated heterocycles. The van der Waals surface area contributed by atoms with Gasteiger partial charge in [-0.2, -0.15) is 0 Å². The number of carbonyl (C=O) groups excluding carboxylic acids is 1. The molecule has 234 valence electrons. The summed E-state index contributed by atoms with van der Waals surface area (Å²) in [5.41, 5.74) is 3.52. The maximum absolute atomic E-state index is 12.8. The van der Waals surface area contributed by atoms with Crippen molar-refractivity contribution in [2.45, 2.75) is 30.1 Å². The first-order chi connectivity index (χ1) is 23.2. The third-order valence-corrected chi connectivity index (χ3v) is 8.75. The summed E-state index contributed by atoms with van der Waals surface area (Å²) in [6.07, 6.45) is 1.88. The van der Waals surface area contributed by atoms with E-state index in [9.17, 15) is 4.79 Å². The quantitative estimate of drug-likeness (QED) is 0.151. The van der Waals surface area contributed by atoms with Crippen LogP contribution in [-0.2, 0) is 19.8 Å². The molecule has 0 spiro atoms. The minimum Gasteiger partial charge on any atom is -0.497 e. The SMILES string of the molecule is COc1ccc(C(OC[C@H]2O[C@@H](n3cnc4c(NC(=O)c5ccccc5)ncnc43)[C@@H]3O[C@@H]32)(c2ccccc2)c2ccccc2)cc1. The zero-order valence-corrected chi connectivity index (χ0v) is 25.5. The van der Waals surface area contributed by atoms with Gasteiger partial charge in [0.25, 0.3) is 5.91 Å². The Morgan fingerprint density at radius 3 is 2.09 bits per heavy atom. The maximum atomic E-state index is 12.8. The number of nitrogens with one attached hydrogen (secondary N) is 1. The average molecular weight is 626 g/mol. The summed E-state index contributed by atoms with van der Waals surface area (Å²) >= 11 is 0. The van der Waals surface area contributed by atoms with Crippen molar-refractivity contribution in [3.05, 3.63) is 150 Å². The molecule has 0 radical (unpaired) electrons. The van der Waals surface area contributed by atoms with Crippen molar-refractivity contribution in [2.75, 3.05) is 19.0 Å². The first-order valence-corrected chi connectivity index (χ1v) is 15.4. The monoisotopic (exact) mass is 625 g/mol. The van der Waals surface area contributed by atoms with E-state index in [-0.39, 0.29) is 30.8 Å². The van der Waals surface area contributed by atoms with Crippen molar-refractivity contribution >= 4 is 22.9 Å². The number of aromatic nitrogens is 4. The summed E-state index contributed by atoms with van der Waals surface area (Å²) in [5, 5.41) is 2.86. The number of amides is 1. The predicted octanol–water partition coefficient (Wildman–Crippen LogP) is 5.76. The Hall–Kier alpha value is -5.42. The van der Waals surface area contributed by atoms with Crippen LogP contribution in [0.5, 0.6) is 5.75 Å². The molecule has 4 atom stereocenters. The number of benzene rings is 4. The van der Waals surface area contributed by atoms with Crippen molar-refractivity contribution in [2.24, 2.45) is 0 Å². The molecule has 0 aliphatic carbocycles. The summed E-state index contributed by atoms with van der Waals surface area (Å²) in [4.78, 5) is 26.2. The van der Waals surface area contributed by atoms with Crippen molar-refractivity contribution in [1.29, 1.82) is 0 Å². The highest BCUT2D eigenvalue weighted by Gasteiger charge is 2.59. The third-order valence-electron chi connectivity index (χ3n) is 8.75. The highest BCUT2D eigenvalue weighted by molar-refractivity contribution is 6.06. The number of epoxide rings is 1. The number of nitrogens with zero attached hydrogens (tertiary/aromatic N) is 4. The molecule has 47 heavy (non-hydrogen) atoms. The summed E-state index contributed by atoms with van der Waals surface area (Å²) in [5.74, 6) is 0.806. The topological polar surface area (TPSA) is 113 Å². The second-order valence-electron chi connectivity index (χ2n) is 11.4. The van der Waals surface area contributed by atoms with Gasteiger partial charge in [-0.15, -0.1) is 0 Å². The lowest BCUT2D eigenvalue weighted by Gasteiger charge is -2.37. The highest BCUT2D eigenvalue weighted by atomic mass is 16.7. The number of carbonyl (C=O) groups is 1. The minimum absolute atomic E-state index is 0.156. The van der Waals surface area contributed by atoms with E-state index in [2.05, 4.69) is 44.5 Å². The number of rotatable bonds is 10. The van der Waals surface area contributed by atoms with Gasteiger partial charge in [0.15, 0.2) is 23.2 Å². The van der Waals surface area contributed by atoms with Gasteiger partial charge in [-0.1, -0.05) is 91.0 Å². The number of anilines is 1. The summed E-state index contributed by atoms with van der Waals surface area (Å²) < 4.78 is 27.1. The van der Waals surface area contributed by atoms with E-state index in [0.29, 0.717) is 22.5 Å². The normalized spacial score (nSPS) is 20.1. The van der Waals surface area contributed by atoms with Crippen molar-refractivity contribution < 1.29 is 23.7 Å². The molecule has 2 aliphatic rings. The van der Waals surface area contributed by atoms with Crippen LogP contribution >= 0.6 is 0 Å². The number of hydrogen-bond acceptors (Lipinski definition) is 8. The van der Waals surface area contributed by atoms with Crippen molar-refractivity contribution in [3.63, 3.8) is 0 Å². The van der Waals surface area contributed by atoms with Crippen LogP contribution in [-0.4, -0.2) is 57.5 Å². The first kappa shape index (κ1) is 29.0. The van der Waals surface area contributed by atoms with Gasteiger partial charge in [0, 0.05) is 5.56 Å². The van der Waals surface area contributed by atoms with E-state index in [0.717, 1.165) is 22.4 Å². The average Bonchev–Trinajstić information content (AvgIpc) is 3.68. The van der Waals surface area contributed by atoms with Crippen LogP contribution in [0.25, 0.3) is 11.2 Å². The summed E-state index contributed by atoms with van der Waals surface area (Å²) in [6.45, 7) is 0.257. The number of methoxy groups -OCH3 is 1. The van der Waals surface area contributed by atoms with Gasteiger partial charge in [0.05, 0.1) is 20.0 Å². The summed E-state index contributed by atoms with van der Waals surface area (Å²) in [7, 11) is 1.66. The Balaban J connectivity index is 1.08. The molecule has 10 heteroatoms. The van der Waals surface area contributed by atoms with E-state index in [1.165, 1.54) is 6.33 Å². The number of ether oxygens (including phenoxy) is 4. The van der Waals surface area contributed by atoms with E-state index in [1.807, 2.05) is 83.4 Å². The molecule has 2 aromatic heterocycles. The van der Waals surface area contributed by atoms with Crippen LogP contribution in [0, 0.1) is 0 Å². The van der Waals surface area contributed by atoms with E-state index in [4.69, 9.17) is 18.9 Å². The van der Waals surface area contributed by atoms with E-state index >= 15 is 0 Å². The molecular weight excluding hydrogens is 594 g/mol. The molecular formula is C37H31N5O5. The van der Waals surface area contributed by atoms with Crippen LogP contribution in [0.2, 0.25) is 0 Å². The second-order valence-corrected chi connectivity index (χ2v) is 11.4. The Kier molecular flexibility index (Phi) is 7.45. The van der Waals surface area contributed by atoms with E-state index < -0.39 is 11.8 Å². The fraction of sp³-hybridized carbons (Fsp3) is 0.189. The third kappa shape index (κ3) is 5.22. The fourth-order valence-electron chi connectivity index (χ4n) is 6.38. The molecule has 8 rings (SSSR count). The lowest BCUT2D eigenvalue weighted by molar-refractivity contribution is -0.115. The van der Waals surface area contributed by atoms with Crippen LogP contribution in [0.3, 0.4) is 0 Å². The van der Waals surface area contributed by atoms with Gasteiger partial charge in [0.2, 0.25) is 0 Å². The molecule has 2 fully saturated rings. The zero-order chi connectivity index (χ0) is 31.8. The largest absolute Gasteiger partial charge is 0.497 e. The van der Waals surface area contributed by atoms with Crippen LogP contribution in [0.4, 0.5) is 5.82 Å². The number of hydrogen-bond donors (Lipinski definition) is 1. The predicted molar refractivity (Wildman–Crippen MR) is 174 cm³/mol. The van der Waals surface area contributed by atoms with Crippen molar-refractivity contribution in [1.82, 2.24) is 19.5 Å². The first-order valence-electron chi connectivity index (χ1n) is 15.4. The number of imidazole rings is 1. The second kappa shape index (κ2) is 12.1. The molecule has 6 aromatic rings. The maximum Gasteiger partial charge on any atom is 0.256 e. The Labute approximate surface area is 270 Å². The molecule has 1 N–H and O–H groups in total. The lowest BCUT2D eigenvalue weighted by atomic mass is 9.80. The molecule has 4 aromatic carbocycles. The van der Waals surface area contributed by atoms with Crippen molar-refractivity contribution in [3.8, 4) is 5.75 Å². The Morgan fingerprint density at radius 2 is 1.43 bits per heavy atom. The van der Waals surface area contributed by atoms with Gasteiger partial charge in [-0.3, -0.25) is 9.36 Å². The molecule has 0 unspecified atom stereocenters. The highest BCUT2D eigenvalue weighted by Crippen LogP contribution is 2.48. The molecule has 1 amide bonds. The summed E-state index contributed by atoms with van der Waals surface area (Å²) in [6, 6.07) is 37.3. The van der Waals surface area contributed by atoms with Gasteiger partial charge in [-0.05, 0) is 41.0 Å². The minimum atomic E-state index is -0.929. The van der Waals surface area contributed by atoms with Gasteiger partial charge in [0.1, 0.15) is 36.0 Å². The van der Waals surface area contributed by atoms with Crippen LogP contribution < -0.4 is 10.1 Å². The molecule has 10 nitrogen and oxygen atoms in total. The molecule has 4 heterocycles. The molecule has 0 bridgehead atoms. The Bertz CT molecular complexity index is 1960. The molecule has 2 aliphatic heterocycles. The lowest BCUT2D eigenvalue weighted by Crippen LogP contribution is -2.37. The van der Waals surface area contributed by atoms with Gasteiger partial charge in [-0.25, -0.2) is 15.0 Å². The van der Waals surface area contributed by atoms with Crippen LogP contribution in [0.15, 0.2) is 128 Å². The number of fused-ring (bicyclic) bond motifs is 2. The van der Waals surface area contributed by atoms with Gasteiger partial charge >= 0.3 is 0 Å². The fourth-order valence-corrected chi connectivity index (χ4v) is 6.38. The van der Waals surface area contributed by atoms with E-state index in [1.54, 1.807) is 25.6 Å². The van der Waals surface area contributed by atoms with Crippen LogP contribution in [0.1, 0.15) is 33.3 Å². The smallest absolute Gasteiger partial charge is 0.256 e. The Morgan fingerprint density at radius 1 is 0.787 bits per heavy atom. The zero-order valence-electron chi connectivity index (χ0n) is 25.5. The van der Waals surface area contributed by atoms with Gasteiger partial charge < -0.3 is 24.3 Å². The standard InChI is InChI=1S/C37H31N5O5/c1-44-28-19-17-27(18-20-28)37(25-13-7-3-8-14-25,26-15-9-4-10-16-26)45-21-29-31-32(47-31)36(46-29)42-23-40-30-33(38-22-39-34(30)42)41-35(43)24-11-5-2-6-12-24/h2-20,22-23,29,31-32,36H,21H2,1H3,(H,38,39,41,43)/t29-,31-,32-,36-/m1/s1.